The first-order valence-electron chi connectivity index (χ1n) is 7.55. The summed E-state index contributed by atoms with van der Waals surface area (Å²) in [5, 5.41) is 10.7. The fourth-order valence-electron chi connectivity index (χ4n) is 2.61. The lowest BCUT2D eigenvalue weighted by molar-refractivity contribution is -0.137. The lowest BCUT2D eigenvalue weighted by Crippen LogP contribution is -2.28. The summed E-state index contributed by atoms with van der Waals surface area (Å²) >= 11 is 4.26. The topological polar surface area (TPSA) is 45.8 Å². The Balaban J connectivity index is 2.31. The van der Waals surface area contributed by atoms with Crippen molar-refractivity contribution in [3.63, 3.8) is 0 Å². The maximum atomic E-state index is 14.1. The predicted octanol–water partition coefficient (Wildman–Crippen LogP) is 5.56. The van der Waals surface area contributed by atoms with Crippen molar-refractivity contribution >= 4 is 27.3 Å². The molecule has 10 heteroatoms. The molecule has 0 bridgehead atoms. The van der Waals surface area contributed by atoms with Crippen molar-refractivity contribution in [3.8, 4) is 16.6 Å². The highest BCUT2D eigenvalue weighted by Gasteiger charge is 2.36. The number of nitrogens with zero attached hydrogens (tertiary/aromatic N) is 2. The molecule has 28 heavy (non-hydrogen) atoms. The van der Waals surface area contributed by atoms with Gasteiger partial charge < -0.3 is 4.57 Å². The number of aromatic nitrogens is 1. The molecule has 0 spiro atoms. The summed E-state index contributed by atoms with van der Waals surface area (Å²) in [6, 6.07) is 6.16. The standard InChI is InChI=1S/C18H8BrF5N2OS/c19-10-3-16(28-8-10)15-5-13(18(22,23)24)12(6-25)17(27)26(15)7-9-1-2-11(20)4-14(9)21/h1-5,8H,7H2. The van der Waals surface area contributed by atoms with Gasteiger partial charge in [0.05, 0.1) is 22.7 Å². The Morgan fingerprint density at radius 2 is 1.89 bits per heavy atom. The number of rotatable bonds is 3. The van der Waals surface area contributed by atoms with E-state index in [2.05, 4.69) is 15.9 Å². The van der Waals surface area contributed by atoms with Crippen LogP contribution in [0.15, 0.2) is 45.0 Å². The largest absolute Gasteiger partial charge is 0.417 e. The van der Waals surface area contributed by atoms with Gasteiger partial charge in [-0.3, -0.25) is 4.79 Å². The number of alkyl halides is 3. The van der Waals surface area contributed by atoms with E-state index in [1.165, 1.54) is 12.1 Å². The van der Waals surface area contributed by atoms with E-state index in [0.29, 0.717) is 21.5 Å². The summed E-state index contributed by atoms with van der Waals surface area (Å²) in [6.45, 7) is -0.470. The average molecular weight is 475 g/mol. The predicted molar refractivity (Wildman–Crippen MR) is 96.9 cm³/mol. The first-order chi connectivity index (χ1) is 13.1. The molecular formula is C18H8BrF5N2OS. The highest BCUT2D eigenvalue weighted by molar-refractivity contribution is 9.10. The van der Waals surface area contributed by atoms with E-state index in [1.54, 1.807) is 5.38 Å². The van der Waals surface area contributed by atoms with Crippen LogP contribution in [0.3, 0.4) is 0 Å². The number of pyridine rings is 1. The lowest BCUT2D eigenvalue weighted by atomic mass is 10.1. The fraction of sp³-hybridized carbons (Fsp3) is 0.111. The SMILES string of the molecule is N#Cc1c(C(F)(F)F)cc(-c2cc(Br)cs2)n(Cc2ccc(F)cc2F)c1=O. The molecule has 0 saturated heterocycles. The van der Waals surface area contributed by atoms with Crippen molar-refractivity contribution in [1.29, 1.82) is 5.26 Å². The summed E-state index contributed by atoms with van der Waals surface area (Å²) in [5.74, 6) is -1.79. The molecule has 0 fully saturated rings. The Kier molecular flexibility index (Phi) is 5.41. The maximum absolute atomic E-state index is 14.1. The molecule has 0 aliphatic carbocycles. The Labute approximate surface area is 167 Å². The molecule has 3 aromatic rings. The van der Waals surface area contributed by atoms with Crippen LogP contribution in [0.1, 0.15) is 16.7 Å². The van der Waals surface area contributed by atoms with E-state index in [0.717, 1.165) is 28.0 Å². The first kappa shape index (κ1) is 20.2. The molecule has 0 unspecified atom stereocenters. The van der Waals surface area contributed by atoms with Gasteiger partial charge in [-0.05, 0) is 34.1 Å². The van der Waals surface area contributed by atoms with Crippen LogP contribution in [0.5, 0.6) is 0 Å². The van der Waals surface area contributed by atoms with Crippen LogP contribution in [0.4, 0.5) is 22.0 Å². The van der Waals surface area contributed by atoms with Crippen molar-refractivity contribution in [2.24, 2.45) is 0 Å². The van der Waals surface area contributed by atoms with Crippen LogP contribution in [-0.2, 0) is 12.7 Å². The van der Waals surface area contributed by atoms with Gasteiger partial charge in [0.25, 0.3) is 5.56 Å². The molecule has 2 heterocycles. The molecule has 0 atom stereocenters. The Hall–Kier alpha value is -2.51. The summed E-state index contributed by atoms with van der Waals surface area (Å²) in [6.07, 6.45) is -4.92. The molecule has 0 aliphatic rings. The molecule has 0 amide bonds. The summed E-state index contributed by atoms with van der Waals surface area (Å²) < 4.78 is 68.8. The fourth-order valence-corrected chi connectivity index (χ4v) is 4.06. The molecule has 3 nitrogen and oxygen atoms in total. The molecule has 2 aromatic heterocycles. The third-order valence-corrected chi connectivity index (χ3v) is 5.59. The van der Waals surface area contributed by atoms with Crippen LogP contribution in [0.2, 0.25) is 0 Å². The Morgan fingerprint density at radius 1 is 1.18 bits per heavy atom. The van der Waals surface area contributed by atoms with E-state index in [1.807, 2.05) is 0 Å². The third kappa shape index (κ3) is 3.86. The molecule has 144 valence electrons. The van der Waals surface area contributed by atoms with Gasteiger partial charge in [0.2, 0.25) is 0 Å². The van der Waals surface area contributed by atoms with Crippen LogP contribution < -0.4 is 5.56 Å². The first-order valence-corrected chi connectivity index (χ1v) is 9.22. The lowest BCUT2D eigenvalue weighted by Gasteiger charge is -2.17. The second-order valence-corrected chi connectivity index (χ2v) is 7.51. The third-order valence-electron chi connectivity index (χ3n) is 3.88. The van der Waals surface area contributed by atoms with Gasteiger partial charge in [-0.25, -0.2) is 8.78 Å². The molecular weight excluding hydrogens is 467 g/mol. The zero-order valence-electron chi connectivity index (χ0n) is 13.6. The highest BCUT2D eigenvalue weighted by Crippen LogP contribution is 2.36. The molecule has 0 aliphatic heterocycles. The number of thiophene rings is 1. The van der Waals surface area contributed by atoms with Gasteiger partial charge in [0.15, 0.2) is 0 Å². The maximum Gasteiger partial charge on any atom is 0.417 e. The van der Waals surface area contributed by atoms with Crippen molar-refractivity contribution in [1.82, 2.24) is 4.57 Å². The smallest absolute Gasteiger partial charge is 0.302 e. The molecule has 0 radical (unpaired) electrons. The van der Waals surface area contributed by atoms with Crippen molar-refractivity contribution in [2.75, 3.05) is 0 Å². The Morgan fingerprint density at radius 3 is 2.43 bits per heavy atom. The average Bonchev–Trinajstić information content (AvgIpc) is 3.03. The highest BCUT2D eigenvalue weighted by atomic mass is 79.9. The van der Waals surface area contributed by atoms with E-state index >= 15 is 0 Å². The minimum Gasteiger partial charge on any atom is -0.302 e. The van der Waals surface area contributed by atoms with Gasteiger partial charge in [-0.2, -0.15) is 18.4 Å². The number of benzene rings is 1. The van der Waals surface area contributed by atoms with Gasteiger partial charge in [-0.15, -0.1) is 11.3 Å². The molecule has 3 rings (SSSR count). The number of hydrogen-bond donors (Lipinski definition) is 0. The summed E-state index contributed by atoms with van der Waals surface area (Å²) in [7, 11) is 0. The monoisotopic (exact) mass is 474 g/mol. The van der Waals surface area contributed by atoms with Gasteiger partial charge >= 0.3 is 6.18 Å². The minimum atomic E-state index is -4.92. The molecule has 0 saturated carbocycles. The van der Waals surface area contributed by atoms with E-state index in [4.69, 9.17) is 5.26 Å². The second-order valence-electron chi connectivity index (χ2n) is 5.68. The van der Waals surface area contributed by atoms with E-state index in [-0.39, 0.29) is 11.3 Å². The van der Waals surface area contributed by atoms with Crippen LogP contribution in [-0.4, -0.2) is 4.57 Å². The van der Waals surface area contributed by atoms with Gasteiger partial charge in [0, 0.05) is 21.5 Å². The van der Waals surface area contributed by atoms with Crippen molar-refractivity contribution in [2.45, 2.75) is 12.7 Å². The van der Waals surface area contributed by atoms with E-state index < -0.39 is 41.0 Å². The van der Waals surface area contributed by atoms with Crippen LogP contribution in [0.25, 0.3) is 10.6 Å². The summed E-state index contributed by atoms with van der Waals surface area (Å²) in [4.78, 5) is 13.0. The van der Waals surface area contributed by atoms with Gasteiger partial charge in [0.1, 0.15) is 23.3 Å². The second kappa shape index (κ2) is 7.48. The molecule has 0 N–H and O–H groups in total. The number of nitriles is 1. The zero-order valence-corrected chi connectivity index (χ0v) is 16.1. The van der Waals surface area contributed by atoms with Crippen molar-refractivity contribution in [3.05, 3.63) is 78.9 Å². The summed E-state index contributed by atoms with van der Waals surface area (Å²) in [5.41, 5.74) is -3.90. The minimum absolute atomic E-state index is 0.107. The van der Waals surface area contributed by atoms with Crippen LogP contribution in [0, 0.1) is 23.0 Å². The van der Waals surface area contributed by atoms with Crippen LogP contribution >= 0.6 is 27.3 Å². The van der Waals surface area contributed by atoms with Crippen molar-refractivity contribution < 1.29 is 22.0 Å². The quantitative estimate of drug-likeness (QED) is 0.466. The number of hydrogen-bond acceptors (Lipinski definition) is 3. The zero-order chi connectivity index (χ0) is 20.6. The van der Waals surface area contributed by atoms with Gasteiger partial charge in [-0.1, -0.05) is 6.07 Å². The normalized spacial score (nSPS) is 11.5. The molecule has 1 aromatic carbocycles. The van der Waals surface area contributed by atoms with E-state index in [9.17, 15) is 26.7 Å². The Bertz CT molecular complexity index is 1160. The number of halogens is 6.